The van der Waals surface area contributed by atoms with Gasteiger partial charge in [0.2, 0.25) is 5.78 Å². The van der Waals surface area contributed by atoms with Crippen molar-refractivity contribution in [2.75, 3.05) is 6.61 Å². The second-order valence-corrected chi connectivity index (χ2v) is 11.3. The fourth-order valence-electron chi connectivity index (χ4n) is 2.31. The largest absolute Gasteiger partial charge is 0.461 e. The second kappa shape index (κ2) is 7.32. The van der Waals surface area contributed by atoms with Gasteiger partial charge in [-0.3, -0.25) is 14.9 Å². The normalized spacial score (nSPS) is 14.3. The molecule has 0 radical (unpaired) electrons. The quantitative estimate of drug-likeness (QED) is 0.191. The van der Waals surface area contributed by atoms with E-state index in [2.05, 4.69) is 0 Å². The summed E-state index contributed by atoms with van der Waals surface area (Å²) in [6, 6.07) is 8.91. The third-order valence-corrected chi connectivity index (χ3v) is 6.32. The zero-order chi connectivity index (χ0) is 17.7. The summed E-state index contributed by atoms with van der Waals surface area (Å²) in [6.45, 7) is 6.37. The highest BCUT2D eigenvalue weighted by atomic mass is 28.3. The van der Waals surface area contributed by atoms with Crippen molar-refractivity contribution in [1.29, 1.82) is 0 Å². The van der Waals surface area contributed by atoms with Crippen LogP contribution in [0.15, 0.2) is 36.4 Å². The first kappa shape index (κ1) is 18.8. The van der Waals surface area contributed by atoms with Crippen LogP contribution in [-0.4, -0.2) is 36.5 Å². The molecule has 0 aliphatic rings. The molecule has 0 aromatic heterocycles. The van der Waals surface area contributed by atoms with Crippen LogP contribution < -0.4 is 0 Å². The Labute approximate surface area is 136 Å². The van der Waals surface area contributed by atoms with E-state index in [-0.39, 0.29) is 6.61 Å². The van der Waals surface area contributed by atoms with E-state index >= 15 is 0 Å². The van der Waals surface area contributed by atoms with E-state index in [0.29, 0.717) is 0 Å². The summed E-state index contributed by atoms with van der Waals surface area (Å²) in [6.07, 6.45) is 2.58. The number of hydrogen-bond donors (Lipinski definition) is 0. The van der Waals surface area contributed by atoms with Crippen molar-refractivity contribution < 1.29 is 19.2 Å². The minimum absolute atomic E-state index is 0.0193. The van der Waals surface area contributed by atoms with Crippen molar-refractivity contribution in [3.8, 4) is 0 Å². The Hall–Kier alpha value is -2.28. The number of esters is 1. The van der Waals surface area contributed by atoms with Gasteiger partial charge >= 0.3 is 11.1 Å². The Morgan fingerprint density at radius 3 is 2.26 bits per heavy atom. The van der Waals surface area contributed by atoms with Crippen LogP contribution in [0.3, 0.4) is 0 Å². The van der Waals surface area contributed by atoms with Crippen molar-refractivity contribution in [3.63, 3.8) is 0 Å². The zero-order valence-corrected chi connectivity index (χ0v) is 14.7. The number of ether oxygens (including phenoxy) is 1. The molecule has 0 aliphatic carbocycles. The molecule has 0 heterocycles. The van der Waals surface area contributed by atoms with Crippen LogP contribution in [0.25, 0.3) is 6.08 Å². The average Bonchev–Trinajstić information content (AvgIpc) is 2.45. The molecule has 1 aromatic carbocycles. The summed E-state index contributed by atoms with van der Waals surface area (Å²) in [5, 5.41) is 9.38. The molecule has 0 saturated carbocycles. The molecule has 0 bridgehead atoms. The van der Waals surface area contributed by atoms with Crippen LogP contribution in [0.5, 0.6) is 0 Å². The first-order valence-corrected chi connectivity index (χ1v) is 10.8. The first-order chi connectivity index (χ1) is 10.7. The molecule has 0 spiro atoms. The van der Waals surface area contributed by atoms with Gasteiger partial charge in [-0.25, -0.2) is 4.79 Å². The average molecular weight is 335 g/mol. The summed E-state index contributed by atoms with van der Waals surface area (Å²) < 4.78 is 4.87. The van der Waals surface area contributed by atoms with Gasteiger partial charge in [0, 0.05) is 4.92 Å². The summed E-state index contributed by atoms with van der Waals surface area (Å²) in [7, 11) is -2.88. The lowest BCUT2D eigenvalue weighted by Gasteiger charge is -2.30. The van der Waals surface area contributed by atoms with Crippen molar-refractivity contribution in [2.45, 2.75) is 31.7 Å². The molecule has 1 aromatic rings. The number of nitrogens with zero attached hydrogens (tertiary/aromatic N) is 1. The van der Waals surface area contributed by atoms with E-state index < -0.39 is 29.9 Å². The van der Waals surface area contributed by atoms with Gasteiger partial charge in [0.15, 0.2) is 8.07 Å². The van der Waals surface area contributed by atoms with Crippen molar-refractivity contribution in [1.82, 2.24) is 0 Å². The van der Waals surface area contributed by atoms with E-state index in [4.69, 9.17) is 4.74 Å². The van der Waals surface area contributed by atoms with Crippen molar-refractivity contribution >= 4 is 25.9 Å². The van der Waals surface area contributed by atoms with Gasteiger partial charge < -0.3 is 4.74 Å². The van der Waals surface area contributed by atoms with Crippen LogP contribution in [-0.2, 0) is 14.3 Å². The minimum Gasteiger partial charge on any atom is -0.461 e. The Bertz CT molecular complexity index is 621. The number of carbonyl (C=O) groups excluding carboxylic acids is 2. The molecule has 6 nitrogen and oxygen atoms in total. The smallest absolute Gasteiger partial charge is 0.388 e. The molecular weight excluding hydrogens is 314 g/mol. The topological polar surface area (TPSA) is 86.5 Å². The number of hydrogen-bond acceptors (Lipinski definition) is 5. The maximum Gasteiger partial charge on any atom is 0.388 e. The fourth-order valence-corrected chi connectivity index (χ4v) is 4.36. The first-order valence-electron chi connectivity index (χ1n) is 7.27. The third-order valence-electron chi connectivity index (χ3n) is 3.51. The SMILES string of the molecule is CCOC(=O)C(C(=O)C=Cc1ccccc1)([N+](=O)[O-])[Si](C)(C)C. The van der Waals surface area contributed by atoms with E-state index in [1.54, 1.807) is 50.8 Å². The molecule has 1 rings (SSSR count). The highest BCUT2D eigenvalue weighted by molar-refractivity contribution is 6.86. The van der Waals surface area contributed by atoms with E-state index in [9.17, 15) is 19.7 Å². The standard InChI is InChI=1S/C16H21NO5Si/c1-5-22-15(19)16(17(20)21,23(2,3)4)14(18)12-11-13-9-7-6-8-10-13/h6-12H,5H2,1-4H3. The summed E-state index contributed by atoms with van der Waals surface area (Å²) in [5.41, 5.74) is 0.720. The highest BCUT2D eigenvalue weighted by Gasteiger charge is 2.67. The van der Waals surface area contributed by atoms with E-state index in [1.165, 1.54) is 6.08 Å². The van der Waals surface area contributed by atoms with Crippen molar-refractivity contribution in [3.05, 3.63) is 52.1 Å². The van der Waals surface area contributed by atoms with Crippen molar-refractivity contribution in [2.24, 2.45) is 0 Å². The molecule has 0 amide bonds. The number of rotatable bonds is 7. The monoisotopic (exact) mass is 335 g/mol. The van der Waals surface area contributed by atoms with Gasteiger partial charge in [0.1, 0.15) is 0 Å². The lowest BCUT2D eigenvalue weighted by molar-refractivity contribution is -0.516. The maximum absolute atomic E-state index is 12.6. The minimum atomic E-state index is -2.88. The molecule has 0 N–H and O–H groups in total. The molecule has 0 aliphatic heterocycles. The molecule has 124 valence electrons. The molecular formula is C16H21NO5Si. The van der Waals surface area contributed by atoms with Crippen LogP contribution in [0.1, 0.15) is 12.5 Å². The maximum atomic E-state index is 12.6. The molecule has 0 saturated heterocycles. The molecule has 1 unspecified atom stereocenters. The summed E-state index contributed by atoms with van der Waals surface area (Å²) in [4.78, 5) is 35.9. The van der Waals surface area contributed by atoms with Gasteiger partial charge in [-0.2, -0.15) is 0 Å². The predicted molar refractivity (Wildman–Crippen MR) is 90.2 cm³/mol. The molecule has 1 atom stereocenters. The molecule has 7 heteroatoms. The number of benzene rings is 1. The van der Waals surface area contributed by atoms with Crippen LogP contribution in [0.4, 0.5) is 0 Å². The fraction of sp³-hybridized carbons (Fsp3) is 0.375. The molecule has 0 fully saturated rings. The number of carbonyl (C=O) groups is 2. The van der Waals surface area contributed by atoms with Gasteiger partial charge in [-0.15, -0.1) is 0 Å². The molecule has 23 heavy (non-hydrogen) atoms. The number of ketones is 1. The van der Waals surface area contributed by atoms with Crippen LogP contribution >= 0.6 is 0 Å². The Kier molecular flexibility index (Phi) is 5.97. The summed E-state index contributed by atoms with van der Waals surface area (Å²) >= 11 is 0. The van der Waals surface area contributed by atoms with Gasteiger partial charge in [-0.05, 0) is 18.6 Å². The Morgan fingerprint density at radius 1 is 1.26 bits per heavy atom. The lowest BCUT2D eigenvalue weighted by atomic mass is 10.1. The Morgan fingerprint density at radius 2 is 1.83 bits per heavy atom. The van der Waals surface area contributed by atoms with E-state index in [1.807, 2.05) is 6.07 Å². The van der Waals surface area contributed by atoms with Crippen LogP contribution in [0.2, 0.25) is 19.6 Å². The van der Waals surface area contributed by atoms with E-state index in [0.717, 1.165) is 11.6 Å². The Balaban J connectivity index is 3.33. The van der Waals surface area contributed by atoms with Gasteiger partial charge in [0.05, 0.1) is 6.61 Å². The second-order valence-electron chi connectivity index (χ2n) is 6.05. The third kappa shape index (κ3) is 3.73. The lowest BCUT2D eigenvalue weighted by Crippen LogP contribution is -2.68. The highest BCUT2D eigenvalue weighted by Crippen LogP contribution is 2.28. The zero-order valence-electron chi connectivity index (χ0n) is 13.7. The predicted octanol–water partition coefficient (Wildman–Crippen LogP) is 2.72. The van der Waals surface area contributed by atoms with Crippen LogP contribution in [0, 0.1) is 10.1 Å². The van der Waals surface area contributed by atoms with Gasteiger partial charge in [-0.1, -0.05) is 56.0 Å². The summed E-state index contributed by atoms with van der Waals surface area (Å²) in [5.74, 6) is -1.92. The number of nitro groups is 1. The van der Waals surface area contributed by atoms with Gasteiger partial charge in [0.25, 0.3) is 0 Å².